The van der Waals surface area contributed by atoms with Gasteiger partial charge in [-0.05, 0) is 42.5 Å². The van der Waals surface area contributed by atoms with E-state index in [4.69, 9.17) is 16.3 Å². The molecular formula is C19H10ClF3N2OS. The van der Waals surface area contributed by atoms with Crippen LogP contribution >= 0.6 is 22.9 Å². The molecule has 0 saturated carbocycles. The molecule has 2 aromatic carbocycles. The average Bonchev–Trinajstić information content (AvgIpc) is 3.07. The van der Waals surface area contributed by atoms with E-state index >= 15 is 0 Å². The molecule has 0 fully saturated rings. The zero-order valence-corrected chi connectivity index (χ0v) is 15.1. The van der Waals surface area contributed by atoms with Gasteiger partial charge < -0.3 is 4.74 Å². The highest BCUT2D eigenvalue weighted by Crippen LogP contribution is 2.35. The van der Waals surface area contributed by atoms with E-state index in [1.165, 1.54) is 0 Å². The number of thiazole rings is 1. The van der Waals surface area contributed by atoms with Crippen LogP contribution in [0.3, 0.4) is 0 Å². The number of pyridine rings is 1. The third-order valence-electron chi connectivity index (χ3n) is 3.74. The zero-order chi connectivity index (χ0) is 19.0. The Labute approximate surface area is 161 Å². The highest BCUT2D eigenvalue weighted by molar-refractivity contribution is 7.21. The summed E-state index contributed by atoms with van der Waals surface area (Å²) in [5, 5.41) is 0.661. The Hall–Kier alpha value is -2.64. The number of aromatic nitrogens is 2. The smallest absolute Gasteiger partial charge is 0.417 e. The van der Waals surface area contributed by atoms with Crippen LogP contribution in [0, 0.1) is 0 Å². The maximum Gasteiger partial charge on any atom is 0.417 e. The topological polar surface area (TPSA) is 35.0 Å². The molecule has 3 nitrogen and oxygen atoms in total. The van der Waals surface area contributed by atoms with Crippen LogP contribution in [0.2, 0.25) is 5.02 Å². The minimum absolute atomic E-state index is 0.0857. The van der Waals surface area contributed by atoms with E-state index in [-0.39, 0.29) is 10.9 Å². The maximum absolute atomic E-state index is 12.7. The molecule has 0 atom stereocenters. The fraction of sp³-hybridized carbons (Fsp3) is 0.0526. The molecule has 136 valence electrons. The first-order chi connectivity index (χ1) is 12.9. The summed E-state index contributed by atoms with van der Waals surface area (Å²) in [5.74, 6) is 0.325. The Kier molecular flexibility index (Phi) is 4.49. The molecule has 0 spiro atoms. The molecular weight excluding hydrogens is 397 g/mol. The van der Waals surface area contributed by atoms with Crippen molar-refractivity contribution in [1.29, 1.82) is 0 Å². The molecule has 0 radical (unpaired) electrons. The predicted molar refractivity (Wildman–Crippen MR) is 99.4 cm³/mol. The molecule has 4 rings (SSSR count). The SMILES string of the molecule is FC(F)(F)c1cnc(Oc2ccc(-c3nc4ccccc4s3)cc2)c(Cl)c1. The molecule has 2 heterocycles. The van der Waals surface area contributed by atoms with Crippen LogP contribution in [0.4, 0.5) is 13.2 Å². The van der Waals surface area contributed by atoms with Crippen LogP contribution in [0.1, 0.15) is 5.56 Å². The van der Waals surface area contributed by atoms with Gasteiger partial charge in [0.25, 0.3) is 0 Å². The van der Waals surface area contributed by atoms with Crippen LogP contribution in [0.15, 0.2) is 60.8 Å². The number of hydrogen-bond acceptors (Lipinski definition) is 4. The van der Waals surface area contributed by atoms with Gasteiger partial charge in [0, 0.05) is 11.8 Å². The number of hydrogen-bond donors (Lipinski definition) is 0. The molecule has 2 aromatic heterocycles. The number of fused-ring (bicyclic) bond motifs is 1. The third-order valence-corrected chi connectivity index (χ3v) is 5.10. The quantitative estimate of drug-likeness (QED) is 0.374. The number of para-hydroxylation sites is 1. The average molecular weight is 407 g/mol. The molecule has 4 aromatic rings. The Morgan fingerprint density at radius 2 is 1.74 bits per heavy atom. The normalized spacial score (nSPS) is 11.7. The lowest BCUT2D eigenvalue weighted by Crippen LogP contribution is -2.05. The molecule has 0 amide bonds. The van der Waals surface area contributed by atoms with Gasteiger partial charge in [-0.15, -0.1) is 11.3 Å². The fourth-order valence-electron chi connectivity index (χ4n) is 2.43. The molecule has 8 heteroatoms. The molecule has 0 bridgehead atoms. The summed E-state index contributed by atoms with van der Waals surface area (Å²) in [6.45, 7) is 0. The van der Waals surface area contributed by atoms with E-state index in [2.05, 4.69) is 9.97 Å². The largest absolute Gasteiger partial charge is 0.438 e. The van der Waals surface area contributed by atoms with E-state index in [0.717, 1.165) is 26.9 Å². The van der Waals surface area contributed by atoms with Crippen molar-refractivity contribution in [2.75, 3.05) is 0 Å². The Morgan fingerprint density at radius 1 is 1.00 bits per heavy atom. The fourth-order valence-corrected chi connectivity index (χ4v) is 3.60. The van der Waals surface area contributed by atoms with Crippen molar-refractivity contribution >= 4 is 33.2 Å². The highest BCUT2D eigenvalue weighted by atomic mass is 35.5. The third kappa shape index (κ3) is 3.74. The van der Waals surface area contributed by atoms with E-state index in [1.807, 2.05) is 36.4 Å². The highest BCUT2D eigenvalue weighted by Gasteiger charge is 2.31. The van der Waals surface area contributed by atoms with Crippen molar-refractivity contribution in [3.63, 3.8) is 0 Å². The number of ether oxygens (including phenoxy) is 1. The second-order valence-electron chi connectivity index (χ2n) is 5.62. The number of halogens is 4. The van der Waals surface area contributed by atoms with Gasteiger partial charge in [-0.25, -0.2) is 9.97 Å². The molecule has 27 heavy (non-hydrogen) atoms. The van der Waals surface area contributed by atoms with Crippen LogP contribution in [0.25, 0.3) is 20.8 Å². The predicted octanol–water partition coefficient (Wildman–Crippen LogP) is 6.82. The Bertz CT molecular complexity index is 1080. The van der Waals surface area contributed by atoms with Gasteiger partial charge in [0.15, 0.2) is 0 Å². The van der Waals surface area contributed by atoms with E-state index < -0.39 is 11.7 Å². The molecule has 0 saturated heterocycles. The minimum atomic E-state index is -4.51. The summed E-state index contributed by atoms with van der Waals surface area (Å²) in [4.78, 5) is 8.25. The maximum atomic E-state index is 12.7. The number of rotatable bonds is 3. The second kappa shape index (κ2) is 6.83. The Morgan fingerprint density at radius 3 is 2.41 bits per heavy atom. The first-order valence-corrected chi connectivity index (χ1v) is 8.96. The van der Waals surface area contributed by atoms with Crippen molar-refractivity contribution in [1.82, 2.24) is 9.97 Å². The lowest BCUT2D eigenvalue weighted by atomic mass is 10.2. The lowest BCUT2D eigenvalue weighted by molar-refractivity contribution is -0.137. The minimum Gasteiger partial charge on any atom is -0.438 e. The van der Waals surface area contributed by atoms with Crippen molar-refractivity contribution in [3.8, 4) is 22.2 Å². The lowest BCUT2D eigenvalue weighted by Gasteiger charge is -2.10. The standard InChI is InChI=1S/C19H10ClF3N2OS/c20-14-9-12(19(21,22)23)10-24-17(14)26-13-7-5-11(6-8-13)18-25-15-3-1-2-4-16(15)27-18/h1-10H. The summed E-state index contributed by atoms with van der Waals surface area (Å²) < 4.78 is 44.6. The van der Waals surface area contributed by atoms with Crippen molar-refractivity contribution < 1.29 is 17.9 Å². The first-order valence-electron chi connectivity index (χ1n) is 7.77. The van der Waals surface area contributed by atoms with E-state index in [1.54, 1.807) is 23.5 Å². The van der Waals surface area contributed by atoms with Gasteiger partial charge in [0.1, 0.15) is 15.8 Å². The summed E-state index contributed by atoms with van der Waals surface area (Å²) >= 11 is 7.44. The second-order valence-corrected chi connectivity index (χ2v) is 7.06. The number of nitrogens with zero attached hydrogens (tertiary/aromatic N) is 2. The number of benzene rings is 2. The van der Waals surface area contributed by atoms with Crippen LogP contribution in [0.5, 0.6) is 11.6 Å². The van der Waals surface area contributed by atoms with Gasteiger partial charge in [0.05, 0.1) is 15.8 Å². The van der Waals surface area contributed by atoms with E-state index in [0.29, 0.717) is 11.9 Å². The molecule has 0 aliphatic carbocycles. The zero-order valence-electron chi connectivity index (χ0n) is 13.5. The van der Waals surface area contributed by atoms with Crippen LogP contribution < -0.4 is 4.74 Å². The monoisotopic (exact) mass is 406 g/mol. The number of alkyl halides is 3. The summed E-state index contributed by atoms with van der Waals surface area (Å²) in [7, 11) is 0. The van der Waals surface area contributed by atoms with Gasteiger partial charge in [-0.2, -0.15) is 13.2 Å². The van der Waals surface area contributed by atoms with Gasteiger partial charge in [-0.3, -0.25) is 0 Å². The summed E-state index contributed by atoms with van der Waals surface area (Å²) in [6.07, 6.45) is -3.81. The first kappa shape index (κ1) is 17.8. The summed E-state index contributed by atoms with van der Waals surface area (Å²) in [5.41, 5.74) is 0.916. The Balaban J connectivity index is 1.56. The summed E-state index contributed by atoms with van der Waals surface area (Å²) in [6, 6.07) is 15.7. The van der Waals surface area contributed by atoms with E-state index in [9.17, 15) is 13.2 Å². The molecule has 0 N–H and O–H groups in total. The molecule has 0 aliphatic heterocycles. The molecule has 0 unspecified atom stereocenters. The van der Waals surface area contributed by atoms with Crippen molar-refractivity contribution in [3.05, 3.63) is 71.4 Å². The van der Waals surface area contributed by atoms with Crippen LogP contribution in [-0.4, -0.2) is 9.97 Å². The van der Waals surface area contributed by atoms with Gasteiger partial charge >= 0.3 is 6.18 Å². The van der Waals surface area contributed by atoms with Crippen LogP contribution in [-0.2, 0) is 6.18 Å². The van der Waals surface area contributed by atoms with Gasteiger partial charge in [-0.1, -0.05) is 23.7 Å². The van der Waals surface area contributed by atoms with Gasteiger partial charge in [0.2, 0.25) is 5.88 Å². The van der Waals surface area contributed by atoms with Crippen molar-refractivity contribution in [2.24, 2.45) is 0 Å². The molecule has 0 aliphatic rings. The van der Waals surface area contributed by atoms with Crippen molar-refractivity contribution in [2.45, 2.75) is 6.18 Å².